The molecule has 0 aliphatic carbocycles. The van der Waals surface area contributed by atoms with Crippen LogP contribution in [0.15, 0.2) is 23.1 Å². The first kappa shape index (κ1) is 23.8. The van der Waals surface area contributed by atoms with E-state index < -0.39 is 10.0 Å². The van der Waals surface area contributed by atoms with Crippen LogP contribution in [0.1, 0.15) is 66.2 Å². The summed E-state index contributed by atoms with van der Waals surface area (Å²) in [5.41, 5.74) is 0.698. The van der Waals surface area contributed by atoms with Crippen molar-refractivity contribution in [2.45, 2.75) is 71.1 Å². The second-order valence-electron chi connectivity index (χ2n) is 7.32. The van der Waals surface area contributed by atoms with Gasteiger partial charge in [-0.3, -0.25) is 4.79 Å². The van der Waals surface area contributed by atoms with Crippen LogP contribution < -0.4 is 5.32 Å². The van der Waals surface area contributed by atoms with Gasteiger partial charge in [0.1, 0.15) is 0 Å². The number of hydrogen-bond donors (Lipinski definition) is 1. The lowest BCUT2D eigenvalue weighted by Gasteiger charge is -2.20. The van der Waals surface area contributed by atoms with Crippen molar-refractivity contribution in [1.29, 1.82) is 0 Å². The molecule has 2 aromatic rings. The molecule has 0 atom stereocenters. The highest BCUT2D eigenvalue weighted by Crippen LogP contribution is 2.30. The predicted octanol–water partition coefficient (Wildman–Crippen LogP) is 5.26. The highest BCUT2D eigenvalue weighted by atomic mass is 32.2. The zero-order valence-corrected chi connectivity index (χ0v) is 19.5. The number of anilines is 1. The molecule has 0 fully saturated rings. The molecule has 162 valence electrons. The van der Waals surface area contributed by atoms with E-state index in [9.17, 15) is 13.2 Å². The highest BCUT2D eigenvalue weighted by Gasteiger charge is 2.24. The zero-order chi connectivity index (χ0) is 21.4. The van der Waals surface area contributed by atoms with E-state index in [1.54, 1.807) is 18.2 Å². The number of sulfonamides is 1. The van der Waals surface area contributed by atoms with Crippen molar-refractivity contribution < 1.29 is 13.2 Å². The Morgan fingerprint density at radius 2 is 1.69 bits per heavy atom. The maximum Gasteiger partial charge on any atom is 0.243 e. The Kier molecular flexibility index (Phi) is 9.04. The average Bonchev–Trinajstić information content (AvgIpc) is 3.09. The lowest BCUT2D eigenvalue weighted by atomic mass is 9.97. The maximum atomic E-state index is 13.0. The van der Waals surface area contributed by atoms with E-state index in [2.05, 4.69) is 24.1 Å². The van der Waals surface area contributed by atoms with Gasteiger partial charge in [0.05, 0.1) is 15.1 Å². The summed E-state index contributed by atoms with van der Waals surface area (Å²) in [6.07, 6.45) is 5.19. The van der Waals surface area contributed by atoms with Crippen LogP contribution in [0.3, 0.4) is 0 Å². The molecule has 29 heavy (non-hydrogen) atoms. The number of fused-ring (bicyclic) bond motifs is 1. The van der Waals surface area contributed by atoms with Crippen molar-refractivity contribution in [2.75, 3.05) is 18.4 Å². The van der Waals surface area contributed by atoms with Gasteiger partial charge in [0.25, 0.3) is 0 Å². The van der Waals surface area contributed by atoms with Crippen LogP contribution >= 0.6 is 11.3 Å². The van der Waals surface area contributed by atoms with Gasteiger partial charge in [0.15, 0.2) is 5.13 Å². The minimum Gasteiger partial charge on any atom is -0.302 e. The second kappa shape index (κ2) is 11.0. The lowest BCUT2D eigenvalue weighted by Crippen LogP contribution is -2.32. The number of amides is 1. The van der Waals surface area contributed by atoms with Gasteiger partial charge in [-0.15, -0.1) is 0 Å². The molecule has 0 spiro atoms. The summed E-state index contributed by atoms with van der Waals surface area (Å²) in [4.78, 5) is 17.3. The first-order chi connectivity index (χ1) is 13.9. The van der Waals surface area contributed by atoms with E-state index >= 15 is 0 Å². The molecule has 8 heteroatoms. The SMILES string of the molecule is CCCC(CCC)C(=O)Nc1nc2ccc(S(=O)(=O)N(CCC)CCC)cc2s1. The quantitative estimate of drug-likeness (QED) is 0.489. The molecule has 0 saturated heterocycles. The molecule has 2 rings (SSSR count). The summed E-state index contributed by atoms with van der Waals surface area (Å²) < 4.78 is 28.3. The summed E-state index contributed by atoms with van der Waals surface area (Å²) in [5.74, 6) is -0.0118. The summed E-state index contributed by atoms with van der Waals surface area (Å²) >= 11 is 1.32. The van der Waals surface area contributed by atoms with Crippen LogP contribution in [-0.4, -0.2) is 36.7 Å². The number of aromatic nitrogens is 1. The number of nitrogens with one attached hydrogen (secondary N) is 1. The summed E-state index contributed by atoms with van der Waals surface area (Å²) in [7, 11) is -3.53. The van der Waals surface area contributed by atoms with Gasteiger partial charge in [-0.05, 0) is 43.9 Å². The largest absolute Gasteiger partial charge is 0.302 e. The van der Waals surface area contributed by atoms with Crippen LogP contribution in [0.25, 0.3) is 10.2 Å². The normalized spacial score (nSPS) is 12.2. The lowest BCUT2D eigenvalue weighted by molar-refractivity contribution is -0.120. The molecule has 0 saturated carbocycles. The Balaban J connectivity index is 2.26. The summed E-state index contributed by atoms with van der Waals surface area (Å²) in [5, 5.41) is 3.46. The van der Waals surface area contributed by atoms with Gasteiger partial charge in [-0.25, -0.2) is 13.4 Å². The third-order valence-corrected chi connectivity index (χ3v) is 7.65. The molecule has 1 amide bonds. The Bertz CT molecular complexity index is 897. The molecule has 1 aromatic heterocycles. The number of nitrogens with zero attached hydrogens (tertiary/aromatic N) is 2. The Morgan fingerprint density at radius 1 is 1.07 bits per heavy atom. The summed E-state index contributed by atoms with van der Waals surface area (Å²) in [6, 6.07) is 5.00. The molecular weight excluding hydrogens is 406 g/mol. The fraction of sp³-hybridized carbons (Fsp3) is 0.619. The number of hydrogen-bond acceptors (Lipinski definition) is 5. The minimum atomic E-state index is -3.53. The molecule has 1 heterocycles. The van der Waals surface area contributed by atoms with Crippen molar-refractivity contribution in [2.24, 2.45) is 5.92 Å². The van der Waals surface area contributed by atoms with E-state index in [-0.39, 0.29) is 16.7 Å². The molecule has 0 aliphatic heterocycles. The molecule has 1 aromatic carbocycles. The zero-order valence-electron chi connectivity index (χ0n) is 17.9. The van der Waals surface area contributed by atoms with Crippen molar-refractivity contribution in [3.8, 4) is 0 Å². The fourth-order valence-electron chi connectivity index (χ4n) is 3.43. The number of thiazole rings is 1. The third kappa shape index (κ3) is 5.99. The molecule has 0 aliphatic rings. The Morgan fingerprint density at radius 3 is 2.24 bits per heavy atom. The van der Waals surface area contributed by atoms with Crippen LogP contribution in [0, 0.1) is 5.92 Å². The number of rotatable bonds is 12. The molecular formula is C21H33N3O3S2. The predicted molar refractivity (Wildman–Crippen MR) is 121 cm³/mol. The molecule has 0 unspecified atom stereocenters. The smallest absolute Gasteiger partial charge is 0.243 e. The van der Waals surface area contributed by atoms with E-state index in [4.69, 9.17) is 0 Å². The van der Waals surface area contributed by atoms with Gasteiger partial charge in [-0.2, -0.15) is 4.31 Å². The number of carbonyl (C=O) groups is 1. The van der Waals surface area contributed by atoms with E-state index in [1.165, 1.54) is 15.6 Å². The van der Waals surface area contributed by atoms with Gasteiger partial charge >= 0.3 is 0 Å². The van der Waals surface area contributed by atoms with E-state index in [0.717, 1.165) is 43.2 Å². The summed E-state index contributed by atoms with van der Waals surface area (Å²) in [6.45, 7) is 9.13. The van der Waals surface area contributed by atoms with Crippen molar-refractivity contribution in [3.63, 3.8) is 0 Å². The van der Waals surface area contributed by atoms with Gasteiger partial charge < -0.3 is 5.32 Å². The molecule has 1 N–H and O–H groups in total. The number of carbonyl (C=O) groups excluding carboxylic acids is 1. The third-order valence-electron chi connectivity index (χ3n) is 4.82. The van der Waals surface area contributed by atoms with Crippen LogP contribution in [-0.2, 0) is 14.8 Å². The van der Waals surface area contributed by atoms with E-state index in [0.29, 0.717) is 23.7 Å². The van der Waals surface area contributed by atoms with Crippen LogP contribution in [0.5, 0.6) is 0 Å². The van der Waals surface area contributed by atoms with Gasteiger partial charge in [0, 0.05) is 19.0 Å². The Hall–Kier alpha value is -1.51. The molecule has 0 bridgehead atoms. The highest BCUT2D eigenvalue weighted by molar-refractivity contribution is 7.89. The Labute approximate surface area is 178 Å². The first-order valence-corrected chi connectivity index (χ1v) is 12.8. The van der Waals surface area contributed by atoms with Gasteiger partial charge in [-0.1, -0.05) is 51.9 Å². The van der Waals surface area contributed by atoms with E-state index in [1.807, 2.05) is 13.8 Å². The first-order valence-electron chi connectivity index (χ1n) is 10.6. The second-order valence-corrected chi connectivity index (χ2v) is 10.3. The molecule has 6 nitrogen and oxygen atoms in total. The fourth-order valence-corrected chi connectivity index (χ4v) is 6.06. The van der Waals surface area contributed by atoms with Gasteiger partial charge in [0.2, 0.25) is 15.9 Å². The number of benzene rings is 1. The minimum absolute atomic E-state index is 0.00216. The average molecular weight is 440 g/mol. The van der Waals surface area contributed by atoms with Crippen molar-refractivity contribution in [1.82, 2.24) is 9.29 Å². The maximum absolute atomic E-state index is 13.0. The van der Waals surface area contributed by atoms with Crippen molar-refractivity contribution >= 4 is 42.6 Å². The topological polar surface area (TPSA) is 79.4 Å². The monoisotopic (exact) mass is 439 g/mol. The van der Waals surface area contributed by atoms with Crippen molar-refractivity contribution in [3.05, 3.63) is 18.2 Å². The standard InChI is InChI=1S/C21H33N3O3S2/c1-5-9-16(10-6-2)20(25)23-21-22-18-12-11-17(15-19(18)28-21)29(26,27)24(13-7-3)14-8-4/h11-12,15-16H,5-10,13-14H2,1-4H3,(H,22,23,25). The van der Waals surface area contributed by atoms with Crippen LogP contribution in [0.2, 0.25) is 0 Å². The molecule has 0 radical (unpaired) electrons. The van der Waals surface area contributed by atoms with Crippen LogP contribution in [0.4, 0.5) is 5.13 Å².